The molecular weight excluding hydrogens is 269 g/mol. The van der Waals surface area contributed by atoms with Gasteiger partial charge in [-0.05, 0) is 31.0 Å². The molecule has 1 aromatic carbocycles. The van der Waals surface area contributed by atoms with Gasteiger partial charge in [0.2, 0.25) is 0 Å². The zero-order valence-electron chi connectivity index (χ0n) is 11.0. The van der Waals surface area contributed by atoms with E-state index in [1.54, 1.807) is 0 Å². The number of benzene rings is 1. The number of rotatable bonds is 2. The summed E-state index contributed by atoms with van der Waals surface area (Å²) in [6, 6.07) is 2.85. The third kappa shape index (κ3) is 3.43. The van der Waals surface area contributed by atoms with Crippen LogP contribution in [0.4, 0.5) is 18.9 Å². The highest BCUT2D eigenvalue weighted by Crippen LogP contribution is 2.31. The SMILES string of the molecule is Nc1ccc(C(F)(F)F)cc1C(=O)NC1CCCCC1. The topological polar surface area (TPSA) is 55.1 Å². The van der Waals surface area contributed by atoms with Gasteiger partial charge in [-0.1, -0.05) is 19.3 Å². The Morgan fingerprint density at radius 2 is 1.85 bits per heavy atom. The molecule has 0 aliphatic heterocycles. The van der Waals surface area contributed by atoms with Crippen molar-refractivity contribution in [1.29, 1.82) is 0 Å². The summed E-state index contributed by atoms with van der Waals surface area (Å²) < 4.78 is 37.9. The molecule has 1 aliphatic rings. The van der Waals surface area contributed by atoms with Gasteiger partial charge in [0.15, 0.2) is 0 Å². The van der Waals surface area contributed by atoms with Crippen LogP contribution in [0.5, 0.6) is 0 Å². The van der Waals surface area contributed by atoms with Gasteiger partial charge < -0.3 is 11.1 Å². The lowest BCUT2D eigenvalue weighted by Gasteiger charge is -2.23. The van der Waals surface area contributed by atoms with Gasteiger partial charge in [0, 0.05) is 11.7 Å². The maximum absolute atomic E-state index is 12.6. The van der Waals surface area contributed by atoms with E-state index in [1.165, 1.54) is 0 Å². The van der Waals surface area contributed by atoms with E-state index in [1.807, 2.05) is 0 Å². The van der Waals surface area contributed by atoms with Gasteiger partial charge in [0.05, 0.1) is 11.1 Å². The molecule has 1 aromatic rings. The highest BCUT2D eigenvalue weighted by atomic mass is 19.4. The molecule has 0 spiro atoms. The number of alkyl halides is 3. The fraction of sp³-hybridized carbons (Fsp3) is 0.500. The second-order valence-electron chi connectivity index (χ2n) is 5.11. The average molecular weight is 286 g/mol. The molecule has 3 nitrogen and oxygen atoms in total. The minimum absolute atomic E-state index is 0.0326. The van der Waals surface area contributed by atoms with Crippen molar-refractivity contribution in [3.8, 4) is 0 Å². The molecule has 110 valence electrons. The van der Waals surface area contributed by atoms with Crippen LogP contribution >= 0.6 is 0 Å². The summed E-state index contributed by atoms with van der Waals surface area (Å²) in [6.45, 7) is 0. The number of carbonyl (C=O) groups excluding carboxylic acids is 1. The number of carbonyl (C=O) groups is 1. The van der Waals surface area contributed by atoms with Gasteiger partial charge in [-0.2, -0.15) is 13.2 Å². The van der Waals surface area contributed by atoms with Crippen molar-refractivity contribution in [3.05, 3.63) is 29.3 Å². The van der Waals surface area contributed by atoms with Gasteiger partial charge in [0.1, 0.15) is 0 Å². The van der Waals surface area contributed by atoms with Crippen LogP contribution in [-0.2, 0) is 6.18 Å². The quantitative estimate of drug-likeness (QED) is 0.819. The van der Waals surface area contributed by atoms with Crippen molar-refractivity contribution in [2.45, 2.75) is 44.3 Å². The molecule has 0 atom stereocenters. The summed E-state index contributed by atoms with van der Waals surface area (Å²) in [7, 11) is 0. The first-order valence-corrected chi connectivity index (χ1v) is 6.65. The van der Waals surface area contributed by atoms with E-state index in [-0.39, 0.29) is 17.3 Å². The highest BCUT2D eigenvalue weighted by molar-refractivity contribution is 5.99. The Hall–Kier alpha value is -1.72. The van der Waals surface area contributed by atoms with Crippen molar-refractivity contribution in [2.75, 3.05) is 5.73 Å². The van der Waals surface area contributed by atoms with Gasteiger partial charge in [-0.15, -0.1) is 0 Å². The minimum atomic E-state index is -4.48. The lowest BCUT2D eigenvalue weighted by atomic mass is 9.95. The molecule has 0 radical (unpaired) electrons. The molecule has 20 heavy (non-hydrogen) atoms. The van der Waals surface area contributed by atoms with Gasteiger partial charge >= 0.3 is 6.18 Å². The van der Waals surface area contributed by atoms with Crippen molar-refractivity contribution >= 4 is 11.6 Å². The second-order valence-corrected chi connectivity index (χ2v) is 5.11. The Bertz CT molecular complexity index is 494. The first kappa shape index (κ1) is 14.7. The van der Waals surface area contributed by atoms with Crippen LogP contribution in [0, 0.1) is 0 Å². The van der Waals surface area contributed by atoms with E-state index in [2.05, 4.69) is 5.32 Å². The molecule has 0 aromatic heterocycles. The average Bonchev–Trinajstić information content (AvgIpc) is 2.39. The van der Waals surface area contributed by atoms with Crippen LogP contribution < -0.4 is 11.1 Å². The Kier molecular flexibility index (Phi) is 4.20. The molecule has 1 aliphatic carbocycles. The zero-order chi connectivity index (χ0) is 14.8. The van der Waals surface area contributed by atoms with Crippen LogP contribution in [0.15, 0.2) is 18.2 Å². The number of hydrogen-bond acceptors (Lipinski definition) is 2. The predicted octanol–water partition coefficient (Wildman–Crippen LogP) is 3.35. The van der Waals surface area contributed by atoms with Crippen molar-refractivity contribution in [2.24, 2.45) is 0 Å². The normalized spacial score (nSPS) is 16.9. The number of amides is 1. The zero-order valence-corrected chi connectivity index (χ0v) is 11.0. The molecule has 2 rings (SSSR count). The number of halogens is 3. The number of hydrogen-bond donors (Lipinski definition) is 2. The summed E-state index contributed by atoms with van der Waals surface area (Å²) in [6.07, 6.45) is 0.451. The molecule has 0 bridgehead atoms. The maximum atomic E-state index is 12.6. The Labute approximate surface area is 115 Å². The van der Waals surface area contributed by atoms with Crippen LogP contribution in [0.25, 0.3) is 0 Å². The molecular formula is C14H17F3N2O. The number of nitrogens with two attached hydrogens (primary N) is 1. The van der Waals surface area contributed by atoms with Gasteiger partial charge in [0.25, 0.3) is 5.91 Å². The first-order valence-electron chi connectivity index (χ1n) is 6.65. The third-order valence-electron chi connectivity index (χ3n) is 3.57. The first-order chi connectivity index (χ1) is 9.38. The molecule has 6 heteroatoms. The van der Waals surface area contributed by atoms with Crippen molar-refractivity contribution in [3.63, 3.8) is 0 Å². The summed E-state index contributed by atoms with van der Waals surface area (Å²) in [5, 5.41) is 2.77. The largest absolute Gasteiger partial charge is 0.416 e. The number of anilines is 1. The van der Waals surface area contributed by atoms with Crippen molar-refractivity contribution < 1.29 is 18.0 Å². The Morgan fingerprint density at radius 3 is 2.45 bits per heavy atom. The highest BCUT2D eigenvalue weighted by Gasteiger charge is 2.31. The van der Waals surface area contributed by atoms with E-state index >= 15 is 0 Å². The summed E-state index contributed by atoms with van der Waals surface area (Å²) >= 11 is 0. The lowest BCUT2D eigenvalue weighted by Crippen LogP contribution is -2.36. The van der Waals surface area contributed by atoms with Crippen LogP contribution in [-0.4, -0.2) is 11.9 Å². The minimum Gasteiger partial charge on any atom is -0.398 e. The van der Waals surface area contributed by atoms with Gasteiger partial charge in [-0.25, -0.2) is 0 Å². The van der Waals surface area contributed by atoms with Crippen molar-refractivity contribution in [1.82, 2.24) is 5.32 Å². The second kappa shape index (κ2) is 5.73. The molecule has 0 saturated heterocycles. The van der Waals surface area contributed by atoms with Gasteiger partial charge in [-0.3, -0.25) is 4.79 Å². The number of nitrogens with one attached hydrogen (secondary N) is 1. The van der Waals surface area contributed by atoms with E-state index < -0.39 is 17.6 Å². The Balaban J connectivity index is 2.16. The van der Waals surface area contributed by atoms with E-state index in [9.17, 15) is 18.0 Å². The fourth-order valence-corrected chi connectivity index (χ4v) is 2.44. The lowest BCUT2D eigenvalue weighted by molar-refractivity contribution is -0.137. The van der Waals surface area contributed by atoms with Crippen LogP contribution in [0.2, 0.25) is 0 Å². The molecule has 1 fully saturated rings. The smallest absolute Gasteiger partial charge is 0.398 e. The Morgan fingerprint density at radius 1 is 1.20 bits per heavy atom. The van der Waals surface area contributed by atoms with E-state index in [0.29, 0.717) is 0 Å². The summed E-state index contributed by atoms with van der Waals surface area (Å²) in [4.78, 5) is 12.1. The van der Waals surface area contributed by atoms with E-state index in [0.717, 1.165) is 50.3 Å². The standard InChI is InChI=1S/C14H17F3N2O/c15-14(16,17)9-6-7-12(18)11(8-9)13(20)19-10-4-2-1-3-5-10/h6-8,10H,1-5,18H2,(H,19,20). The van der Waals surface area contributed by atoms with E-state index in [4.69, 9.17) is 5.73 Å². The molecule has 1 amide bonds. The monoisotopic (exact) mass is 286 g/mol. The predicted molar refractivity (Wildman–Crippen MR) is 70.2 cm³/mol. The molecule has 3 N–H and O–H groups in total. The summed E-state index contributed by atoms with van der Waals surface area (Å²) in [5.74, 6) is -0.527. The third-order valence-corrected chi connectivity index (χ3v) is 3.57. The molecule has 0 unspecified atom stereocenters. The fourth-order valence-electron chi connectivity index (χ4n) is 2.44. The number of nitrogen functional groups attached to an aromatic ring is 1. The maximum Gasteiger partial charge on any atom is 0.416 e. The van der Waals surface area contributed by atoms with Crippen LogP contribution in [0.3, 0.4) is 0 Å². The molecule has 1 saturated carbocycles. The molecule has 0 heterocycles. The summed E-state index contributed by atoms with van der Waals surface area (Å²) in [5.41, 5.74) is 4.71. The van der Waals surface area contributed by atoms with Crippen LogP contribution in [0.1, 0.15) is 48.0 Å².